The van der Waals surface area contributed by atoms with Gasteiger partial charge < -0.3 is 14.8 Å². The number of para-hydroxylation sites is 1. The fourth-order valence-electron chi connectivity index (χ4n) is 3.69. The highest BCUT2D eigenvalue weighted by Gasteiger charge is 2.24. The minimum absolute atomic E-state index is 0.0977. The fourth-order valence-corrected chi connectivity index (χ4v) is 3.86. The number of ether oxygens (including phenoxy) is 2. The number of carbonyl (C=O) groups is 2. The maximum absolute atomic E-state index is 13.2. The van der Waals surface area contributed by atoms with Crippen LogP contribution in [0.4, 0.5) is 5.82 Å². The maximum Gasteiger partial charge on any atom is 0.343 e. The second kappa shape index (κ2) is 9.52. The van der Waals surface area contributed by atoms with Crippen LogP contribution in [0.1, 0.15) is 38.8 Å². The van der Waals surface area contributed by atoms with Crippen LogP contribution in [0, 0.1) is 13.8 Å². The third-order valence-electron chi connectivity index (χ3n) is 5.35. The van der Waals surface area contributed by atoms with Crippen LogP contribution in [-0.2, 0) is 4.74 Å². The first-order chi connectivity index (χ1) is 16.3. The molecule has 2 aromatic heterocycles. The van der Waals surface area contributed by atoms with Gasteiger partial charge in [0, 0.05) is 10.4 Å². The summed E-state index contributed by atoms with van der Waals surface area (Å²) in [5, 5.41) is 8.51. The van der Waals surface area contributed by atoms with Crippen molar-refractivity contribution in [1.82, 2.24) is 14.8 Å². The van der Waals surface area contributed by atoms with Gasteiger partial charge in [-0.1, -0.05) is 29.8 Å². The summed E-state index contributed by atoms with van der Waals surface area (Å²) in [6.07, 6.45) is 1.35. The molecule has 34 heavy (non-hydrogen) atoms. The Kier molecular flexibility index (Phi) is 6.51. The number of carbonyl (C=O) groups excluding carboxylic acids is 2. The lowest BCUT2D eigenvalue weighted by Crippen LogP contribution is -2.19. The molecule has 0 aliphatic heterocycles. The standard InChI is InChI=1S/C25H23ClN4O4/c1-5-34-25(32)19-13-27-30(21-11-15(3)17-8-6-7-14(2)22(17)28-21)23(19)29-24(31)18-12-16(26)9-10-20(18)33-4/h6-13H,5H2,1-4H3,(H,29,31). The topological polar surface area (TPSA) is 95.3 Å². The number of methoxy groups -OCH3 is 1. The molecular weight excluding hydrogens is 456 g/mol. The number of amides is 1. The molecule has 0 saturated heterocycles. The summed E-state index contributed by atoms with van der Waals surface area (Å²) in [6, 6.07) is 12.5. The second-order valence-corrected chi connectivity index (χ2v) is 8.04. The van der Waals surface area contributed by atoms with Gasteiger partial charge in [0.25, 0.3) is 5.91 Å². The molecule has 4 aromatic rings. The number of esters is 1. The van der Waals surface area contributed by atoms with E-state index in [1.54, 1.807) is 19.1 Å². The number of fused-ring (bicyclic) bond motifs is 1. The van der Waals surface area contributed by atoms with E-state index in [9.17, 15) is 9.59 Å². The van der Waals surface area contributed by atoms with Crippen molar-refractivity contribution in [2.75, 3.05) is 19.0 Å². The van der Waals surface area contributed by atoms with E-state index < -0.39 is 11.9 Å². The first-order valence-electron chi connectivity index (χ1n) is 10.6. The number of hydrogen-bond donors (Lipinski definition) is 1. The van der Waals surface area contributed by atoms with Gasteiger partial charge in [-0.2, -0.15) is 9.78 Å². The third kappa shape index (κ3) is 4.32. The Bertz CT molecular complexity index is 1410. The molecule has 2 aromatic carbocycles. The van der Waals surface area contributed by atoms with Crippen molar-refractivity contribution in [2.45, 2.75) is 20.8 Å². The second-order valence-electron chi connectivity index (χ2n) is 7.61. The van der Waals surface area contributed by atoms with Gasteiger partial charge >= 0.3 is 5.97 Å². The van der Waals surface area contributed by atoms with E-state index >= 15 is 0 Å². The lowest BCUT2D eigenvalue weighted by Gasteiger charge is -2.14. The Morgan fingerprint density at radius 1 is 1.09 bits per heavy atom. The monoisotopic (exact) mass is 478 g/mol. The normalized spacial score (nSPS) is 10.9. The number of hydrogen-bond acceptors (Lipinski definition) is 6. The van der Waals surface area contributed by atoms with Gasteiger partial charge in [-0.15, -0.1) is 0 Å². The van der Waals surface area contributed by atoms with Gasteiger partial charge in [0.05, 0.1) is 31.0 Å². The minimum atomic E-state index is -0.615. The van der Waals surface area contributed by atoms with E-state index in [0.29, 0.717) is 16.6 Å². The van der Waals surface area contributed by atoms with Crippen LogP contribution >= 0.6 is 11.6 Å². The zero-order valence-corrected chi connectivity index (χ0v) is 19.9. The number of aryl methyl sites for hydroxylation is 2. The van der Waals surface area contributed by atoms with Crippen LogP contribution in [0.25, 0.3) is 16.7 Å². The molecule has 0 unspecified atom stereocenters. The van der Waals surface area contributed by atoms with E-state index in [4.69, 9.17) is 26.1 Å². The van der Waals surface area contributed by atoms with Crippen molar-refractivity contribution in [3.8, 4) is 11.6 Å². The van der Waals surface area contributed by atoms with E-state index in [2.05, 4.69) is 10.4 Å². The number of nitrogens with one attached hydrogen (secondary N) is 1. The number of aromatic nitrogens is 3. The third-order valence-corrected chi connectivity index (χ3v) is 5.59. The van der Waals surface area contributed by atoms with Gasteiger partial charge in [-0.25, -0.2) is 9.78 Å². The van der Waals surface area contributed by atoms with E-state index in [-0.39, 0.29) is 23.6 Å². The number of pyridine rings is 1. The van der Waals surface area contributed by atoms with Crippen molar-refractivity contribution >= 4 is 40.2 Å². The molecule has 2 heterocycles. The predicted molar refractivity (Wildman–Crippen MR) is 130 cm³/mol. The quantitative estimate of drug-likeness (QED) is 0.386. The summed E-state index contributed by atoms with van der Waals surface area (Å²) < 4.78 is 11.9. The molecule has 0 radical (unpaired) electrons. The average molecular weight is 479 g/mol. The molecule has 0 atom stereocenters. The lowest BCUT2D eigenvalue weighted by molar-refractivity contribution is 0.0527. The van der Waals surface area contributed by atoms with E-state index in [1.165, 1.54) is 24.1 Å². The molecule has 4 rings (SSSR count). The summed E-state index contributed by atoms with van der Waals surface area (Å²) in [5.41, 5.74) is 3.08. The Labute approximate surface area is 201 Å². The predicted octanol–water partition coefficient (Wildman–Crippen LogP) is 5.13. The number of anilines is 1. The molecule has 0 aliphatic carbocycles. The Morgan fingerprint density at radius 3 is 2.62 bits per heavy atom. The molecule has 8 nitrogen and oxygen atoms in total. The summed E-state index contributed by atoms with van der Waals surface area (Å²) in [4.78, 5) is 30.6. The van der Waals surface area contributed by atoms with Gasteiger partial charge in [-0.3, -0.25) is 4.79 Å². The number of halogens is 1. The van der Waals surface area contributed by atoms with E-state index in [0.717, 1.165) is 22.0 Å². The Morgan fingerprint density at radius 2 is 1.88 bits per heavy atom. The summed E-state index contributed by atoms with van der Waals surface area (Å²) in [6.45, 7) is 5.82. The van der Waals surface area contributed by atoms with Crippen molar-refractivity contribution in [2.24, 2.45) is 0 Å². The molecule has 0 aliphatic rings. The minimum Gasteiger partial charge on any atom is -0.496 e. The highest BCUT2D eigenvalue weighted by atomic mass is 35.5. The first-order valence-corrected chi connectivity index (χ1v) is 11.0. The summed E-state index contributed by atoms with van der Waals surface area (Å²) >= 11 is 6.10. The molecular formula is C25H23ClN4O4. The van der Waals surface area contributed by atoms with Crippen molar-refractivity contribution in [3.63, 3.8) is 0 Å². The SMILES string of the molecule is CCOC(=O)c1cnn(-c2cc(C)c3cccc(C)c3n2)c1NC(=O)c1cc(Cl)ccc1OC. The molecule has 0 spiro atoms. The molecule has 0 saturated carbocycles. The zero-order chi connectivity index (χ0) is 24.4. The largest absolute Gasteiger partial charge is 0.496 e. The van der Waals surface area contributed by atoms with E-state index in [1.807, 2.05) is 38.1 Å². The number of rotatable bonds is 6. The zero-order valence-electron chi connectivity index (χ0n) is 19.2. The molecule has 9 heteroatoms. The summed E-state index contributed by atoms with van der Waals surface area (Å²) in [7, 11) is 1.46. The van der Waals surface area contributed by atoms with Gasteiger partial charge in [-0.05, 0) is 56.2 Å². The van der Waals surface area contributed by atoms with Crippen molar-refractivity contribution in [3.05, 3.63) is 75.9 Å². The van der Waals surface area contributed by atoms with Crippen LogP contribution in [0.15, 0.2) is 48.7 Å². The molecule has 1 N–H and O–H groups in total. The van der Waals surface area contributed by atoms with Gasteiger partial charge in [0.1, 0.15) is 11.3 Å². The highest BCUT2D eigenvalue weighted by molar-refractivity contribution is 6.31. The molecule has 0 fully saturated rings. The highest BCUT2D eigenvalue weighted by Crippen LogP contribution is 2.28. The fraction of sp³-hybridized carbons (Fsp3) is 0.200. The lowest BCUT2D eigenvalue weighted by atomic mass is 10.1. The molecule has 0 bridgehead atoms. The van der Waals surface area contributed by atoms with Gasteiger partial charge in [0.15, 0.2) is 11.6 Å². The number of nitrogens with zero attached hydrogens (tertiary/aromatic N) is 3. The van der Waals surface area contributed by atoms with Crippen LogP contribution in [0.3, 0.4) is 0 Å². The molecule has 174 valence electrons. The Balaban J connectivity index is 1.86. The maximum atomic E-state index is 13.2. The smallest absolute Gasteiger partial charge is 0.343 e. The van der Waals surface area contributed by atoms with Crippen LogP contribution in [0.2, 0.25) is 5.02 Å². The number of benzene rings is 2. The van der Waals surface area contributed by atoms with Crippen molar-refractivity contribution < 1.29 is 19.1 Å². The van der Waals surface area contributed by atoms with Crippen LogP contribution < -0.4 is 10.1 Å². The first kappa shape index (κ1) is 23.3. The van der Waals surface area contributed by atoms with Gasteiger partial charge in [0.2, 0.25) is 0 Å². The molecule has 1 amide bonds. The Hall–Kier alpha value is -3.91. The summed E-state index contributed by atoms with van der Waals surface area (Å²) in [5.74, 6) is -0.231. The average Bonchev–Trinajstić information content (AvgIpc) is 3.23. The van der Waals surface area contributed by atoms with Crippen LogP contribution in [0.5, 0.6) is 5.75 Å². The van der Waals surface area contributed by atoms with Crippen molar-refractivity contribution in [1.29, 1.82) is 0 Å². The van der Waals surface area contributed by atoms with Crippen LogP contribution in [-0.4, -0.2) is 40.4 Å².